The van der Waals surface area contributed by atoms with Crippen LogP contribution in [-0.4, -0.2) is 11.9 Å². The lowest BCUT2D eigenvalue weighted by atomic mass is 10.2. The minimum atomic E-state index is -0.441. The molecule has 0 saturated heterocycles. The molecule has 1 amide bonds. The van der Waals surface area contributed by atoms with Gasteiger partial charge in [0.1, 0.15) is 0 Å². The van der Waals surface area contributed by atoms with E-state index in [9.17, 15) is 4.79 Å². The highest BCUT2D eigenvalue weighted by Gasteiger charge is 2.11. The van der Waals surface area contributed by atoms with Crippen LogP contribution in [0.2, 0.25) is 0 Å². The number of carbonyl (C=O) groups excluding carboxylic acids is 1. The van der Waals surface area contributed by atoms with E-state index in [-0.39, 0.29) is 5.91 Å². The second-order valence-electron chi connectivity index (χ2n) is 3.46. The number of rotatable bonds is 3. The number of nitrogens with two attached hydrogens (primary N) is 1. The van der Waals surface area contributed by atoms with Crippen molar-refractivity contribution in [1.29, 1.82) is 0 Å². The zero-order chi connectivity index (χ0) is 11.4. The van der Waals surface area contributed by atoms with Crippen molar-refractivity contribution >= 4 is 27.5 Å². The van der Waals surface area contributed by atoms with Gasteiger partial charge in [0.25, 0.3) is 0 Å². The topological polar surface area (TPSA) is 55.1 Å². The lowest BCUT2D eigenvalue weighted by Crippen LogP contribution is -2.34. The van der Waals surface area contributed by atoms with Crippen molar-refractivity contribution in [2.45, 2.75) is 26.3 Å². The molecule has 1 aromatic carbocycles. The summed E-state index contributed by atoms with van der Waals surface area (Å²) in [7, 11) is 0. The maximum atomic E-state index is 11.6. The molecule has 3 N–H and O–H groups in total. The summed E-state index contributed by atoms with van der Waals surface area (Å²) in [5.41, 5.74) is 7.46. The third-order valence-electron chi connectivity index (χ3n) is 2.23. The van der Waals surface area contributed by atoms with Gasteiger partial charge in [0.05, 0.1) is 6.04 Å². The molecule has 1 atom stereocenters. The second kappa shape index (κ2) is 5.28. The molecule has 0 spiro atoms. The van der Waals surface area contributed by atoms with Gasteiger partial charge in [0.15, 0.2) is 0 Å². The zero-order valence-corrected chi connectivity index (χ0v) is 10.5. The van der Waals surface area contributed by atoms with Crippen molar-refractivity contribution in [2.24, 2.45) is 5.73 Å². The van der Waals surface area contributed by atoms with Crippen molar-refractivity contribution in [3.05, 3.63) is 28.2 Å². The maximum Gasteiger partial charge on any atom is 0.241 e. The van der Waals surface area contributed by atoms with Crippen molar-refractivity contribution in [3.63, 3.8) is 0 Å². The Kier molecular flexibility index (Phi) is 4.29. The second-order valence-corrected chi connectivity index (χ2v) is 4.38. The van der Waals surface area contributed by atoms with Gasteiger partial charge in [-0.2, -0.15) is 0 Å². The first-order chi connectivity index (χ1) is 7.04. The summed E-state index contributed by atoms with van der Waals surface area (Å²) in [6.45, 7) is 3.83. The highest BCUT2D eigenvalue weighted by molar-refractivity contribution is 9.10. The molecule has 0 saturated carbocycles. The molecule has 0 aliphatic rings. The van der Waals surface area contributed by atoms with Crippen LogP contribution < -0.4 is 11.1 Å². The normalized spacial score (nSPS) is 12.3. The predicted octanol–water partition coefficient (Wildman–Crippen LogP) is 2.43. The molecule has 82 valence electrons. The first kappa shape index (κ1) is 12.2. The van der Waals surface area contributed by atoms with E-state index >= 15 is 0 Å². The Morgan fingerprint density at radius 2 is 2.27 bits per heavy atom. The average molecular weight is 271 g/mol. The summed E-state index contributed by atoms with van der Waals surface area (Å²) in [5.74, 6) is -0.140. The smallest absolute Gasteiger partial charge is 0.241 e. The SMILES string of the molecule is CC[C@@H](N)C(=O)Nc1cc(Br)ccc1C. The molecule has 0 radical (unpaired) electrons. The van der Waals surface area contributed by atoms with Crippen LogP contribution in [0.15, 0.2) is 22.7 Å². The van der Waals surface area contributed by atoms with Crippen LogP contribution in [0.1, 0.15) is 18.9 Å². The Bertz CT molecular complexity index is 366. The number of nitrogens with one attached hydrogen (secondary N) is 1. The highest BCUT2D eigenvalue weighted by atomic mass is 79.9. The molecule has 1 aromatic rings. The van der Waals surface area contributed by atoms with Gasteiger partial charge < -0.3 is 11.1 Å². The van der Waals surface area contributed by atoms with E-state index in [2.05, 4.69) is 21.2 Å². The van der Waals surface area contributed by atoms with E-state index in [0.717, 1.165) is 15.7 Å². The molecule has 3 nitrogen and oxygen atoms in total. The van der Waals surface area contributed by atoms with Gasteiger partial charge in [-0.15, -0.1) is 0 Å². The summed E-state index contributed by atoms with van der Waals surface area (Å²) in [4.78, 5) is 11.6. The number of hydrogen-bond donors (Lipinski definition) is 2. The van der Waals surface area contributed by atoms with E-state index in [0.29, 0.717) is 6.42 Å². The molecule has 15 heavy (non-hydrogen) atoms. The number of hydrogen-bond acceptors (Lipinski definition) is 2. The Labute approximate surface area is 98.2 Å². The molecule has 0 heterocycles. The quantitative estimate of drug-likeness (QED) is 0.887. The van der Waals surface area contributed by atoms with E-state index in [1.165, 1.54) is 0 Å². The van der Waals surface area contributed by atoms with E-state index in [1.807, 2.05) is 32.0 Å². The molecule has 0 fully saturated rings. The number of amides is 1. The van der Waals surface area contributed by atoms with Crippen LogP contribution in [0, 0.1) is 6.92 Å². The van der Waals surface area contributed by atoms with Crippen LogP contribution in [0.5, 0.6) is 0 Å². The van der Waals surface area contributed by atoms with Gasteiger partial charge in [-0.1, -0.05) is 28.9 Å². The fourth-order valence-electron chi connectivity index (χ4n) is 1.14. The monoisotopic (exact) mass is 270 g/mol. The highest BCUT2D eigenvalue weighted by Crippen LogP contribution is 2.20. The lowest BCUT2D eigenvalue weighted by molar-refractivity contribution is -0.117. The van der Waals surface area contributed by atoms with Crippen LogP contribution in [-0.2, 0) is 4.79 Å². The zero-order valence-electron chi connectivity index (χ0n) is 8.88. The Morgan fingerprint density at radius 1 is 1.60 bits per heavy atom. The van der Waals surface area contributed by atoms with Crippen LogP contribution in [0.4, 0.5) is 5.69 Å². The summed E-state index contributed by atoms with van der Waals surface area (Å²) >= 11 is 3.36. The molecule has 1 rings (SSSR count). The summed E-state index contributed by atoms with van der Waals surface area (Å²) in [5, 5.41) is 2.81. The van der Waals surface area contributed by atoms with Gasteiger partial charge in [-0.25, -0.2) is 0 Å². The number of halogens is 1. The summed E-state index contributed by atoms with van der Waals surface area (Å²) in [6.07, 6.45) is 0.638. The van der Waals surface area contributed by atoms with Gasteiger partial charge in [-0.3, -0.25) is 4.79 Å². The molecule has 0 aliphatic carbocycles. The first-order valence-electron chi connectivity index (χ1n) is 4.87. The fourth-order valence-corrected chi connectivity index (χ4v) is 1.50. The molecular weight excluding hydrogens is 256 g/mol. The summed E-state index contributed by atoms with van der Waals surface area (Å²) in [6, 6.07) is 5.31. The standard InChI is InChI=1S/C11H15BrN2O/c1-3-9(13)11(15)14-10-6-8(12)5-4-7(10)2/h4-6,9H,3,13H2,1-2H3,(H,14,15)/t9-/m1/s1. The third-order valence-corrected chi connectivity index (χ3v) is 2.73. The van der Waals surface area contributed by atoms with Crippen molar-refractivity contribution < 1.29 is 4.79 Å². The number of benzene rings is 1. The number of anilines is 1. The van der Waals surface area contributed by atoms with E-state index in [1.54, 1.807) is 0 Å². The molecule has 0 bridgehead atoms. The summed E-state index contributed by atoms with van der Waals surface area (Å²) < 4.78 is 0.938. The predicted molar refractivity (Wildman–Crippen MR) is 65.8 cm³/mol. The average Bonchev–Trinajstić information content (AvgIpc) is 2.22. The Hall–Kier alpha value is -0.870. The van der Waals surface area contributed by atoms with Crippen molar-refractivity contribution in [2.75, 3.05) is 5.32 Å². The number of carbonyl (C=O) groups is 1. The molecule has 0 aliphatic heterocycles. The molecule has 0 unspecified atom stereocenters. The van der Waals surface area contributed by atoms with Gasteiger partial charge in [0.2, 0.25) is 5.91 Å². The fraction of sp³-hybridized carbons (Fsp3) is 0.364. The minimum absolute atomic E-state index is 0.140. The van der Waals surface area contributed by atoms with Crippen LogP contribution >= 0.6 is 15.9 Å². The Balaban J connectivity index is 2.80. The van der Waals surface area contributed by atoms with Gasteiger partial charge >= 0.3 is 0 Å². The van der Waals surface area contributed by atoms with E-state index < -0.39 is 6.04 Å². The molecule has 0 aromatic heterocycles. The van der Waals surface area contributed by atoms with Gasteiger partial charge in [-0.05, 0) is 31.0 Å². The third kappa shape index (κ3) is 3.32. The minimum Gasteiger partial charge on any atom is -0.324 e. The molecular formula is C11H15BrN2O. The van der Waals surface area contributed by atoms with Crippen LogP contribution in [0.3, 0.4) is 0 Å². The van der Waals surface area contributed by atoms with Crippen molar-refractivity contribution in [1.82, 2.24) is 0 Å². The largest absolute Gasteiger partial charge is 0.324 e. The van der Waals surface area contributed by atoms with Crippen LogP contribution in [0.25, 0.3) is 0 Å². The molecule has 4 heteroatoms. The van der Waals surface area contributed by atoms with Crippen molar-refractivity contribution in [3.8, 4) is 0 Å². The lowest BCUT2D eigenvalue weighted by Gasteiger charge is -2.12. The first-order valence-corrected chi connectivity index (χ1v) is 5.66. The Morgan fingerprint density at radius 3 is 2.87 bits per heavy atom. The number of aryl methyl sites for hydroxylation is 1. The van der Waals surface area contributed by atoms with Gasteiger partial charge in [0, 0.05) is 10.2 Å². The maximum absolute atomic E-state index is 11.6. The van der Waals surface area contributed by atoms with E-state index in [4.69, 9.17) is 5.73 Å².